The highest BCUT2D eigenvalue weighted by Crippen LogP contribution is 2.63. The summed E-state index contributed by atoms with van der Waals surface area (Å²) in [5.41, 5.74) is 11.6. The maximum Gasteiger partial charge on any atom is 0.143 e. The average molecular weight is 590 g/mol. The first-order valence-electron chi connectivity index (χ1n) is 15.7. The first-order valence-corrected chi connectivity index (χ1v) is 15.7. The number of rotatable bonds is 3. The van der Waals surface area contributed by atoms with Gasteiger partial charge in [0.2, 0.25) is 0 Å². The van der Waals surface area contributed by atoms with E-state index in [1.54, 1.807) is 0 Å². The second kappa shape index (κ2) is 9.47. The highest BCUT2D eigenvalue weighted by molar-refractivity contribution is 6.13. The summed E-state index contributed by atoms with van der Waals surface area (Å²) in [5.74, 6) is 1.78. The molecule has 10 rings (SSSR count). The molecule has 0 atom stereocenters. The fourth-order valence-electron chi connectivity index (χ4n) is 7.90. The molecule has 0 unspecified atom stereocenters. The second-order valence-corrected chi connectivity index (χ2v) is 12.0. The summed E-state index contributed by atoms with van der Waals surface area (Å²) in [6.07, 6.45) is 0. The summed E-state index contributed by atoms with van der Waals surface area (Å²) in [6, 6.07) is 57.9. The quantitative estimate of drug-likeness (QED) is 0.205. The Morgan fingerprint density at radius 2 is 1.00 bits per heavy atom. The van der Waals surface area contributed by atoms with Gasteiger partial charge in [-0.15, -0.1) is 0 Å². The van der Waals surface area contributed by atoms with E-state index in [1.165, 1.54) is 16.7 Å². The van der Waals surface area contributed by atoms with Crippen molar-refractivity contribution in [2.45, 2.75) is 5.41 Å². The first-order chi connectivity index (χ1) is 22.8. The number of fused-ring (bicyclic) bond motifs is 13. The standard InChI is InChI=1S/C43H27NO2/c1-3-13-28(14-4-1)44(29-15-5-2-6-16-29)30-23-24-31-32-25-26-37-41(42(32)46-40(31)27-30)33-17-7-8-18-34(33)43(37)35-19-9-11-21-38(35)45-39-22-12-10-20-36(39)43/h1-27H. The van der Waals surface area contributed by atoms with Gasteiger partial charge in [-0.1, -0.05) is 109 Å². The summed E-state index contributed by atoms with van der Waals surface area (Å²) in [5, 5.41) is 2.22. The molecule has 216 valence electrons. The third-order valence-corrected chi connectivity index (χ3v) is 9.72. The van der Waals surface area contributed by atoms with Gasteiger partial charge in [-0.3, -0.25) is 0 Å². The molecule has 1 aromatic heterocycles. The predicted octanol–water partition coefficient (Wildman–Crippen LogP) is 11.5. The van der Waals surface area contributed by atoms with Crippen LogP contribution in [0, 0.1) is 0 Å². The first kappa shape index (κ1) is 25.3. The normalized spacial score (nSPS) is 13.6. The molecule has 0 N–H and O–H groups in total. The van der Waals surface area contributed by atoms with Gasteiger partial charge in [-0.25, -0.2) is 0 Å². The van der Waals surface area contributed by atoms with Gasteiger partial charge in [0.1, 0.15) is 22.7 Å². The van der Waals surface area contributed by atoms with Crippen LogP contribution in [-0.4, -0.2) is 0 Å². The molecule has 0 radical (unpaired) electrons. The van der Waals surface area contributed by atoms with E-state index >= 15 is 0 Å². The molecule has 3 heteroatoms. The Balaban J connectivity index is 1.25. The van der Waals surface area contributed by atoms with Gasteiger partial charge in [-0.05, 0) is 65.2 Å². The molecule has 0 fully saturated rings. The van der Waals surface area contributed by atoms with Crippen LogP contribution in [0.25, 0.3) is 33.1 Å². The molecule has 3 nitrogen and oxygen atoms in total. The van der Waals surface area contributed by atoms with Crippen molar-refractivity contribution in [1.29, 1.82) is 0 Å². The molecule has 0 saturated carbocycles. The molecule has 1 spiro atoms. The van der Waals surface area contributed by atoms with Crippen LogP contribution < -0.4 is 9.64 Å². The van der Waals surface area contributed by atoms with Crippen LogP contribution in [0.2, 0.25) is 0 Å². The largest absolute Gasteiger partial charge is 0.457 e. The fourth-order valence-corrected chi connectivity index (χ4v) is 7.90. The fraction of sp³-hybridized carbons (Fsp3) is 0.0233. The summed E-state index contributed by atoms with van der Waals surface area (Å²) in [7, 11) is 0. The average Bonchev–Trinajstić information content (AvgIpc) is 3.63. The SMILES string of the molecule is c1ccc(N(c2ccccc2)c2ccc3c(c2)oc2c4c(ccc23)C2(c3ccccc3Oc3ccccc32)c2ccccc2-4)cc1. The number of ether oxygens (including phenoxy) is 1. The van der Waals surface area contributed by atoms with Crippen molar-refractivity contribution in [2.75, 3.05) is 4.90 Å². The zero-order valence-electron chi connectivity index (χ0n) is 24.9. The Morgan fingerprint density at radius 1 is 0.435 bits per heavy atom. The summed E-state index contributed by atoms with van der Waals surface area (Å²) >= 11 is 0. The number of hydrogen-bond acceptors (Lipinski definition) is 3. The minimum Gasteiger partial charge on any atom is -0.457 e. The molecular formula is C43H27NO2. The third kappa shape index (κ3) is 3.32. The molecule has 8 aromatic rings. The minimum absolute atomic E-state index is 0.521. The highest BCUT2D eigenvalue weighted by Gasteiger charge is 2.51. The Morgan fingerprint density at radius 3 is 1.67 bits per heavy atom. The maximum absolute atomic E-state index is 6.97. The lowest BCUT2D eigenvalue weighted by Gasteiger charge is -2.39. The predicted molar refractivity (Wildman–Crippen MR) is 186 cm³/mol. The zero-order chi connectivity index (χ0) is 30.2. The lowest BCUT2D eigenvalue weighted by molar-refractivity contribution is 0.436. The van der Waals surface area contributed by atoms with Gasteiger partial charge < -0.3 is 14.1 Å². The van der Waals surface area contributed by atoms with Crippen molar-refractivity contribution in [1.82, 2.24) is 0 Å². The Hall–Kier alpha value is -6.06. The number of nitrogens with zero attached hydrogens (tertiary/aromatic N) is 1. The molecule has 1 aliphatic heterocycles. The molecule has 0 amide bonds. The van der Waals surface area contributed by atoms with E-state index in [1.807, 2.05) is 0 Å². The van der Waals surface area contributed by atoms with Crippen LogP contribution in [0.5, 0.6) is 11.5 Å². The van der Waals surface area contributed by atoms with Crippen molar-refractivity contribution in [3.63, 3.8) is 0 Å². The monoisotopic (exact) mass is 589 g/mol. The van der Waals surface area contributed by atoms with Crippen LogP contribution >= 0.6 is 0 Å². The molecular weight excluding hydrogens is 562 g/mol. The van der Waals surface area contributed by atoms with Crippen LogP contribution in [0.15, 0.2) is 168 Å². The van der Waals surface area contributed by atoms with Gasteiger partial charge >= 0.3 is 0 Å². The topological polar surface area (TPSA) is 25.6 Å². The van der Waals surface area contributed by atoms with E-state index in [4.69, 9.17) is 9.15 Å². The summed E-state index contributed by atoms with van der Waals surface area (Å²) in [4.78, 5) is 2.28. The molecule has 0 bridgehead atoms. The van der Waals surface area contributed by atoms with E-state index in [9.17, 15) is 0 Å². The number of para-hydroxylation sites is 4. The maximum atomic E-state index is 6.97. The van der Waals surface area contributed by atoms with Crippen LogP contribution in [0.1, 0.15) is 22.3 Å². The van der Waals surface area contributed by atoms with Gasteiger partial charge in [-0.2, -0.15) is 0 Å². The smallest absolute Gasteiger partial charge is 0.143 e. The number of furan rings is 1. The van der Waals surface area contributed by atoms with Crippen molar-refractivity contribution >= 4 is 39.0 Å². The van der Waals surface area contributed by atoms with E-state index in [0.717, 1.165) is 67.2 Å². The Labute approximate surface area is 266 Å². The van der Waals surface area contributed by atoms with Crippen molar-refractivity contribution in [3.8, 4) is 22.6 Å². The number of anilines is 3. The van der Waals surface area contributed by atoms with Crippen LogP contribution in [0.3, 0.4) is 0 Å². The summed E-state index contributed by atoms with van der Waals surface area (Å²) < 4.78 is 13.5. The lowest BCUT2D eigenvalue weighted by Crippen LogP contribution is -2.32. The Bertz CT molecular complexity index is 2370. The molecule has 46 heavy (non-hydrogen) atoms. The molecule has 0 saturated heterocycles. The Kier molecular flexibility index (Phi) is 5.20. The number of hydrogen-bond donors (Lipinski definition) is 0. The molecule has 2 heterocycles. The molecule has 7 aromatic carbocycles. The van der Waals surface area contributed by atoms with Crippen LogP contribution in [0.4, 0.5) is 17.1 Å². The van der Waals surface area contributed by atoms with E-state index in [0.29, 0.717) is 0 Å². The molecule has 2 aliphatic rings. The third-order valence-electron chi connectivity index (χ3n) is 9.72. The van der Waals surface area contributed by atoms with Crippen LogP contribution in [-0.2, 0) is 5.41 Å². The van der Waals surface area contributed by atoms with Gasteiger partial charge in [0.05, 0.1) is 5.41 Å². The van der Waals surface area contributed by atoms with Gasteiger partial charge in [0.25, 0.3) is 0 Å². The van der Waals surface area contributed by atoms with Crippen molar-refractivity contribution in [3.05, 3.63) is 186 Å². The highest BCUT2D eigenvalue weighted by atomic mass is 16.5. The second-order valence-electron chi connectivity index (χ2n) is 12.0. The minimum atomic E-state index is -0.521. The van der Waals surface area contributed by atoms with E-state index < -0.39 is 5.41 Å². The van der Waals surface area contributed by atoms with E-state index in [2.05, 4.69) is 169 Å². The zero-order valence-corrected chi connectivity index (χ0v) is 24.9. The summed E-state index contributed by atoms with van der Waals surface area (Å²) in [6.45, 7) is 0. The van der Waals surface area contributed by atoms with Crippen molar-refractivity contribution in [2.24, 2.45) is 0 Å². The number of benzene rings is 7. The van der Waals surface area contributed by atoms with Crippen molar-refractivity contribution < 1.29 is 9.15 Å². The van der Waals surface area contributed by atoms with Gasteiger partial charge in [0, 0.05) is 50.6 Å². The van der Waals surface area contributed by atoms with E-state index in [-0.39, 0.29) is 0 Å². The van der Waals surface area contributed by atoms with Gasteiger partial charge in [0.15, 0.2) is 0 Å². The molecule has 1 aliphatic carbocycles. The lowest BCUT2D eigenvalue weighted by atomic mass is 9.66.